The van der Waals surface area contributed by atoms with Gasteiger partial charge in [-0.1, -0.05) is 11.6 Å². The van der Waals surface area contributed by atoms with Crippen LogP contribution in [-0.2, 0) is 8.26 Å². The summed E-state index contributed by atoms with van der Waals surface area (Å²) in [4.78, 5) is 0. The van der Waals surface area contributed by atoms with Crippen molar-refractivity contribution in [3.05, 3.63) is 34.2 Å². The Balaban J connectivity index is 0.000000221. The minimum atomic E-state index is -3.72. The van der Waals surface area contributed by atoms with Gasteiger partial charge in [0.1, 0.15) is 0 Å². The molecule has 2 nitrogen and oxygen atoms in total. The van der Waals surface area contributed by atoms with E-state index in [1.54, 1.807) is 11.3 Å². The minimum absolute atomic E-state index is 0.819. The second-order valence-electron chi connectivity index (χ2n) is 2.94. The van der Waals surface area contributed by atoms with Gasteiger partial charge in [0.15, 0.2) is 0 Å². The van der Waals surface area contributed by atoms with E-state index in [-0.39, 0.29) is 0 Å². The molecule has 1 aromatic heterocycles. The molecular weight excluding hydrogens is 311 g/mol. The molecule has 0 bridgehead atoms. The number of halogens is 3. The second-order valence-corrected chi connectivity index (χ2v) is 7.95. The molecule has 2 rings (SSSR count). The number of benzene rings is 1. The number of hydrogen-bond acceptors (Lipinski definition) is 3. The van der Waals surface area contributed by atoms with Crippen LogP contribution in [0, 0.1) is 6.92 Å². The van der Waals surface area contributed by atoms with Gasteiger partial charge in [-0.2, -0.15) is 8.42 Å². The van der Waals surface area contributed by atoms with Crippen LogP contribution >= 0.6 is 44.3 Å². The molecule has 0 unspecified atom stereocenters. The first-order valence-electron chi connectivity index (χ1n) is 4.05. The summed E-state index contributed by atoms with van der Waals surface area (Å²) in [7, 11) is 4.81. The quantitative estimate of drug-likeness (QED) is 0.667. The topological polar surface area (TPSA) is 34.1 Å². The van der Waals surface area contributed by atoms with Crippen LogP contribution in [0.4, 0.5) is 0 Å². The highest BCUT2D eigenvalue weighted by atomic mass is 36.0. The summed E-state index contributed by atoms with van der Waals surface area (Å²) < 4.78 is 19.6. The van der Waals surface area contributed by atoms with Gasteiger partial charge in [0.05, 0.1) is 0 Å². The zero-order valence-electron chi connectivity index (χ0n) is 8.08. The van der Waals surface area contributed by atoms with Crippen LogP contribution in [0.5, 0.6) is 0 Å². The predicted molar refractivity (Wildman–Crippen MR) is 72.2 cm³/mol. The van der Waals surface area contributed by atoms with Crippen LogP contribution in [0.25, 0.3) is 10.1 Å². The number of aryl methyl sites for hydroxylation is 1. The third-order valence-corrected chi connectivity index (χ3v) is 3.05. The van der Waals surface area contributed by atoms with E-state index in [1.165, 1.54) is 15.6 Å². The highest BCUT2D eigenvalue weighted by Crippen LogP contribution is 2.27. The Kier molecular flexibility index (Phi) is 4.88. The first-order valence-corrected chi connectivity index (χ1v) is 8.44. The van der Waals surface area contributed by atoms with Crippen molar-refractivity contribution in [3.63, 3.8) is 0 Å². The highest BCUT2D eigenvalue weighted by molar-refractivity contribution is 8.31. The summed E-state index contributed by atoms with van der Waals surface area (Å²) in [6.07, 6.45) is 0. The monoisotopic (exact) mass is 316 g/mol. The Hall–Kier alpha value is -0.000000000000000111. The molecule has 0 N–H and O–H groups in total. The molecule has 2 aromatic rings. The highest BCUT2D eigenvalue weighted by Gasteiger charge is 1.98. The summed E-state index contributed by atoms with van der Waals surface area (Å²) in [6.45, 7) is 2.11. The van der Waals surface area contributed by atoms with Gasteiger partial charge in [0.25, 0.3) is 0 Å². The molecule has 7 heteroatoms. The fourth-order valence-corrected chi connectivity index (χ4v) is 2.22. The van der Waals surface area contributed by atoms with Crippen molar-refractivity contribution in [1.82, 2.24) is 0 Å². The Morgan fingerprint density at radius 3 is 2.38 bits per heavy atom. The zero-order valence-corrected chi connectivity index (χ0v) is 12.0. The minimum Gasteiger partial charge on any atom is -0.195 e. The Morgan fingerprint density at radius 2 is 1.81 bits per heavy atom. The van der Waals surface area contributed by atoms with E-state index in [4.69, 9.17) is 20.0 Å². The molecule has 0 atom stereocenters. The van der Waals surface area contributed by atoms with Gasteiger partial charge < -0.3 is 0 Å². The molecular formula is C9H7Cl3O2S2. The molecule has 1 heterocycles. The SMILES string of the molecule is Cc1csc2ccc(Cl)cc12.O=S(=O)(Cl)Cl. The standard InChI is InChI=1S/C9H7ClS.Cl2O2S/c1-6-5-11-9-3-2-7(10)4-8(6)9;1-5(2,3)4/h2-5H,1H3;. The van der Waals surface area contributed by atoms with E-state index in [2.05, 4.69) is 39.7 Å². The van der Waals surface area contributed by atoms with Crippen molar-refractivity contribution in [3.8, 4) is 0 Å². The summed E-state index contributed by atoms with van der Waals surface area (Å²) in [5.74, 6) is 0. The van der Waals surface area contributed by atoms with Gasteiger partial charge in [-0.15, -0.1) is 11.3 Å². The lowest BCUT2D eigenvalue weighted by molar-refractivity contribution is 0.621. The van der Waals surface area contributed by atoms with E-state index in [9.17, 15) is 0 Å². The maximum Gasteiger partial charge on any atom is 0.317 e. The molecule has 88 valence electrons. The second kappa shape index (κ2) is 5.56. The van der Waals surface area contributed by atoms with Gasteiger partial charge in [0.2, 0.25) is 0 Å². The summed E-state index contributed by atoms with van der Waals surface area (Å²) in [6, 6.07) is 6.01. The first kappa shape index (κ1) is 14.1. The van der Waals surface area contributed by atoms with Crippen LogP contribution < -0.4 is 0 Å². The number of rotatable bonds is 0. The lowest BCUT2D eigenvalue weighted by Gasteiger charge is -1.91. The molecule has 0 aliphatic heterocycles. The summed E-state index contributed by atoms with van der Waals surface area (Å²) in [5.41, 5.74) is 1.31. The van der Waals surface area contributed by atoms with E-state index in [1.807, 2.05) is 12.1 Å². The Morgan fingerprint density at radius 1 is 1.25 bits per heavy atom. The molecule has 0 aliphatic rings. The lowest BCUT2D eigenvalue weighted by atomic mass is 10.2. The van der Waals surface area contributed by atoms with Crippen molar-refractivity contribution in [2.24, 2.45) is 0 Å². The van der Waals surface area contributed by atoms with Gasteiger partial charge >= 0.3 is 8.26 Å². The fourth-order valence-electron chi connectivity index (χ4n) is 1.13. The maximum atomic E-state index is 9.16. The molecule has 0 fully saturated rings. The van der Waals surface area contributed by atoms with Gasteiger partial charge in [-0.3, -0.25) is 0 Å². The molecule has 0 saturated carbocycles. The largest absolute Gasteiger partial charge is 0.317 e. The smallest absolute Gasteiger partial charge is 0.195 e. The number of thiophene rings is 1. The average Bonchev–Trinajstić information content (AvgIpc) is 2.45. The molecule has 0 aliphatic carbocycles. The molecule has 0 radical (unpaired) electrons. The summed E-state index contributed by atoms with van der Waals surface area (Å²) in [5, 5.41) is 4.25. The molecule has 0 saturated heterocycles. The van der Waals surface area contributed by atoms with Gasteiger partial charge in [-0.25, -0.2) is 0 Å². The van der Waals surface area contributed by atoms with Crippen LogP contribution in [0.1, 0.15) is 5.56 Å². The van der Waals surface area contributed by atoms with Crippen LogP contribution in [0.3, 0.4) is 0 Å². The van der Waals surface area contributed by atoms with Crippen molar-refractivity contribution >= 4 is 62.7 Å². The molecule has 16 heavy (non-hydrogen) atoms. The Bertz CT molecular complexity index is 582. The van der Waals surface area contributed by atoms with E-state index in [0.717, 1.165) is 5.02 Å². The first-order chi connectivity index (χ1) is 7.27. The van der Waals surface area contributed by atoms with E-state index in [0.29, 0.717) is 0 Å². The molecule has 0 amide bonds. The Labute approximate surface area is 112 Å². The van der Waals surface area contributed by atoms with Crippen molar-refractivity contribution in [1.29, 1.82) is 0 Å². The average molecular weight is 318 g/mol. The third kappa shape index (κ3) is 4.89. The number of fused-ring (bicyclic) bond motifs is 1. The van der Waals surface area contributed by atoms with Crippen molar-refractivity contribution < 1.29 is 8.42 Å². The van der Waals surface area contributed by atoms with Crippen LogP contribution in [0.2, 0.25) is 5.02 Å². The van der Waals surface area contributed by atoms with Crippen LogP contribution in [-0.4, -0.2) is 8.42 Å². The predicted octanol–water partition coefficient (Wildman–Crippen LogP) is 4.57. The molecule has 1 aromatic carbocycles. The van der Waals surface area contributed by atoms with E-state index >= 15 is 0 Å². The van der Waals surface area contributed by atoms with Crippen molar-refractivity contribution in [2.75, 3.05) is 0 Å². The van der Waals surface area contributed by atoms with E-state index < -0.39 is 8.26 Å². The normalized spacial score (nSPS) is 11.0. The zero-order chi connectivity index (χ0) is 12.3. The number of hydrogen-bond donors (Lipinski definition) is 0. The molecule has 0 spiro atoms. The maximum absolute atomic E-state index is 9.16. The van der Waals surface area contributed by atoms with Gasteiger partial charge in [-0.05, 0) is 41.5 Å². The van der Waals surface area contributed by atoms with Gasteiger partial charge in [0, 0.05) is 31.1 Å². The fraction of sp³-hybridized carbons (Fsp3) is 0.111. The van der Waals surface area contributed by atoms with Crippen LogP contribution in [0.15, 0.2) is 23.6 Å². The lowest BCUT2D eigenvalue weighted by Crippen LogP contribution is -1.66. The summed E-state index contributed by atoms with van der Waals surface area (Å²) >= 11 is 7.62. The third-order valence-electron chi connectivity index (χ3n) is 1.73. The van der Waals surface area contributed by atoms with Crippen molar-refractivity contribution in [2.45, 2.75) is 6.92 Å².